The van der Waals surface area contributed by atoms with Gasteiger partial charge < -0.3 is 20.1 Å². The van der Waals surface area contributed by atoms with Crippen molar-refractivity contribution in [3.8, 4) is 35.4 Å². The molecule has 4 saturated heterocycles. The topological polar surface area (TPSA) is 86.6 Å². The number of alkyl halides is 1. The monoisotopic (exact) mass is 634 g/mol. The standard InChI is InChI=1S/C33H30ClF3N6O2/c1-2-20-21-7-9-24(44)25(22(21)6-8-23(20)36)28-27(37)29-26(30(34)39-28)31(42-14-18-4-5-19(15-42)38-18)41-32(40-29)45-16-33-10-3-11-43(33)13-17(35)12-33/h1,6-9,17-19,38,44H,3-5,10-16H2/t17-,18-,19+,33+/m1/s1. The summed E-state index contributed by atoms with van der Waals surface area (Å²) in [5.41, 5.74) is -0.851. The molecule has 6 heterocycles. The van der Waals surface area contributed by atoms with E-state index in [1.807, 2.05) is 0 Å². The van der Waals surface area contributed by atoms with Gasteiger partial charge in [-0.2, -0.15) is 9.97 Å². The molecule has 4 aliphatic rings. The van der Waals surface area contributed by atoms with Crippen LogP contribution in [0.1, 0.15) is 37.7 Å². The van der Waals surface area contributed by atoms with Gasteiger partial charge in [0, 0.05) is 43.5 Å². The molecule has 2 bridgehead atoms. The summed E-state index contributed by atoms with van der Waals surface area (Å²) < 4.78 is 52.0. The quantitative estimate of drug-likeness (QED) is 0.224. The summed E-state index contributed by atoms with van der Waals surface area (Å²) in [5.74, 6) is 1.00. The molecule has 4 atom stereocenters. The number of rotatable bonds is 5. The lowest BCUT2D eigenvalue weighted by molar-refractivity contribution is 0.107. The van der Waals surface area contributed by atoms with Gasteiger partial charge in [-0.15, -0.1) is 6.42 Å². The van der Waals surface area contributed by atoms with E-state index in [0.717, 1.165) is 32.2 Å². The van der Waals surface area contributed by atoms with Crippen molar-refractivity contribution in [3.05, 3.63) is 46.6 Å². The maximum atomic E-state index is 16.8. The molecular formula is C33H30ClF3N6O2. The van der Waals surface area contributed by atoms with Crippen LogP contribution in [0.4, 0.5) is 19.0 Å². The number of aromatic nitrogens is 3. The Balaban J connectivity index is 1.30. The van der Waals surface area contributed by atoms with Gasteiger partial charge in [-0.3, -0.25) is 4.90 Å². The van der Waals surface area contributed by atoms with E-state index in [4.69, 9.17) is 27.7 Å². The molecule has 2 aromatic heterocycles. The molecular weight excluding hydrogens is 605 g/mol. The molecule has 2 N–H and O–H groups in total. The Labute approximate surface area is 262 Å². The number of benzene rings is 2. The van der Waals surface area contributed by atoms with Crippen molar-refractivity contribution in [1.82, 2.24) is 25.2 Å². The molecule has 0 radical (unpaired) electrons. The molecule has 0 unspecified atom stereocenters. The molecule has 2 aromatic carbocycles. The Bertz CT molecular complexity index is 1910. The predicted octanol–water partition coefficient (Wildman–Crippen LogP) is 5.36. The van der Waals surface area contributed by atoms with Crippen LogP contribution < -0.4 is 15.0 Å². The lowest BCUT2D eigenvalue weighted by atomic mass is 9.95. The Hall–Kier alpha value is -3.85. The molecule has 45 heavy (non-hydrogen) atoms. The van der Waals surface area contributed by atoms with E-state index in [9.17, 15) is 13.9 Å². The number of terminal acetylenes is 1. The van der Waals surface area contributed by atoms with Crippen molar-refractivity contribution in [3.63, 3.8) is 0 Å². The van der Waals surface area contributed by atoms with Gasteiger partial charge in [0.25, 0.3) is 0 Å². The zero-order chi connectivity index (χ0) is 31.0. The molecule has 12 heteroatoms. The summed E-state index contributed by atoms with van der Waals surface area (Å²) in [6.07, 6.45) is 8.79. The number of phenolic OH excluding ortho intramolecular Hbond substituents is 1. The first kappa shape index (κ1) is 28.6. The number of pyridine rings is 1. The molecule has 4 aromatic rings. The second kappa shape index (κ2) is 10.6. The number of fused-ring (bicyclic) bond motifs is 5. The van der Waals surface area contributed by atoms with Crippen molar-refractivity contribution in [2.24, 2.45) is 0 Å². The van der Waals surface area contributed by atoms with Crippen LogP contribution in [0.15, 0.2) is 24.3 Å². The fraction of sp³-hybridized carbons (Fsp3) is 0.424. The summed E-state index contributed by atoms with van der Waals surface area (Å²) in [4.78, 5) is 17.9. The predicted molar refractivity (Wildman–Crippen MR) is 166 cm³/mol. The Kier molecular flexibility index (Phi) is 6.75. The zero-order valence-corrected chi connectivity index (χ0v) is 25.0. The highest BCUT2D eigenvalue weighted by atomic mass is 35.5. The summed E-state index contributed by atoms with van der Waals surface area (Å²) in [6.45, 7) is 2.61. The average Bonchev–Trinajstić information content (AvgIpc) is 3.67. The fourth-order valence-electron chi connectivity index (χ4n) is 7.93. The van der Waals surface area contributed by atoms with Gasteiger partial charge in [-0.25, -0.2) is 18.2 Å². The summed E-state index contributed by atoms with van der Waals surface area (Å²) in [5, 5.41) is 15.4. The van der Waals surface area contributed by atoms with Gasteiger partial charge in [0.05, 0.1) is 22.1 Å². The van der Waals surface area contributed by atoms with Crippen LogP contribution in [0, 0.1) is 24.0 Å². The third-order valence-corrected chi connectivity index (χ3v) is 10.2. The lowest BCUT2D eigenvalue weighted by Gasteiger charge is -2.34. The van der Waals surface area contributed by atoms with E-state index >= 15 is 4.39 Å². The molecule has 0 saturated carbocycles. The van der Waals surface area contributed by atoms with Crippen LogP contribution in [0.25, 0.3) is 32.9 Å². The number of nitrogens with zero attached hydrogens (tertiary/aromatic N) is 5. The molecule has 0 amide bonds. The lowest BCUT2D eigenvalue weighted by Crippen LogP contribution is -2.51. The Morgan fingerprint density at radius 2 is 1.87 bits per heavy atom. The Morgan fingerprint density at radius 3 is 2.64 bits per heavy atom. The van der Waals surface area contributed by atoms with Crippen LogP contribution in [0.5, 0.6) is 11.8 Å². The van der Waals surface area contributed by atoms with Crippen molar-refractivity contribution in [2.45, 2.75) is 55.9 Å². The smallest absolute Gasteiger partial charge is 0.319 e. The second-order valence-electron chi connectivity index (χ2n) is 12.6. The zero-order valence-electron chi connectivity index (χ0n) is 24.3. The SMILES string of the molecule is C#Cc1c(F)ccc2c(-c3nc(Cl)c4c(N5C[C@H]6CC[C@@H](C5)N6)nc(OC[C@@]56CCCN5C[C@H](F)C6)nc4c3F)c(O)ccc12. The van der Waals surface area contributed by atoms with E-state index in [0.29, 0.717) is 42.6 Å². The van der Waals surface area contributed by atoms with Gasteiger partial charge in [-0.05, 0) is 55.8 Å². The van der Waals surface area contributed by atoms with Crippen molar-refractivity contribution in [1.29, 1.82) is 0 Å². The minimum Gasteiger partial charge on any atom is -0.507 e. The van der Waals surface area contributed by atoms with Gasteiger partial charge in [-0.1, -0.05) is 23.6 Å². The van der Waals surface area contributed by atoms with E-state index < -0.39 is 23.3 Å². The van der Waals surface area contributed by atoms with Gasteiger partial charge in [0.2, 0.25) is 0 Å². The Morgan fingerprint density at radius 1 is 1.09 bits per heavy atom. The summed E-state index contributed by atoms with van der Waals surface area (Å²) >= 11 is 6.84. The van der Waals surface area contributed by atoms with Crippen LogP contribution in [-0.2, 0) is 0 Å². The van der Waals surface area contributed by atoms with Crippen molar-refractivity contribution < 1.29 is 23.0 Å². The van der Waals surface area contributed by atoms with E-state index in [1.54, 1.807) is 0 Å². The van der Waals surface area contributed by atoms with E-state index in [2.05, 4.69) is 31.0 Å². The number of hydrogen-bond acceptors (Lipinski definition) is 8. The normalized spacial score (nSPS) is 26.1. The largest absolute Gasteiger partial charge is 0.507 e. The molecule has 4 aliphatic heterocycles. The van der Waals surface area contributed by atoms with Crippen LogP contribution in [-0.4, -0.2) is 81.5 Å². The fourth-order valence-corrected chi connectivity index (χ4v) is 8.19. The van der Waals surface area contributed by atoms with Gasteiger partial charge in [0.15, 0.2) is 5.82 Å². The molecule has 0 spiro atoms. The third kappa shape index (κ3) is 4.56. The first-order valence-electron chi connectivity index (χ1n) is 15.3. The minimum absolute atomic E-state index is 0.00794. The second-order valence-corrected chi connectivity index (χ2v) is 13.0. The number of hydrogen-bond donors (Lipinski definition) is 2. The molecule has 8 nitrogen and oxygen atoms in total. The molecule has 4 fully saturated rings. The number of phenols is 1. The van der Waals surface area contributed by atoms with Crippen molar-refractivity contribution >= 4 is 39.1 Å². The maximum absolute atomic E-state index is 16.8. The first-order valence-corrected chi connectivity index (χ1v) is 15.6. The van der Waals surface area contributed by atoms with Crippen molar-refractivity contribution in [2.75, 3.05) is 37.7 Å². The number of aromatic hydroxyl groups is 1. The van der Waals surface area contributed by atoms with Crippen LogP contribution in [0.3, 0.4) is 0 Å². The third-order valence-electron chi connectivity index (χ3n) is 9.96. The van der Waals surface area contributed by atoms with Crippen LogP contribution in [0.2, 0.25) is 5.15 Å². The molecule has 232 valence electrons. The molecule has 8 rings (SSSR count). The highest BCUT2D eigenvalue weighted by Gasteiger charge is 2.49. The number of anilines is 1. The molecule has 0 aliphatic carbocycles. The highest BCUT2D eigenvalue weighted by molar-refractivity contribution is 6.35. The van der Waals surface area contributed by atoms with E-state index in [1.165, 1.54) is 24.3 Å². The van der Waals surface area contributed by atoms with Crippen LogP contribution >= 0.6 is 11.6 Å². The first-order chi connectivity index (χ1) is 21.7. The van der Waals surface area contributed by atoms with Gasteiger partial charge >= 0.3 is 6.01 Å². The highest BCUT2D eigenvalue weighted by Crippen LogP contribution is 2.44. The average molecular weight is 635 g/mol. The summed E-state index contributed by atoms with van der Waals surface area (Å²) in [7, 11) is 0. The van der Waals surface area contributed by atoms with E-state index in [-0.39, 0.29) is 63.3 Å². The minimum atomic E-state index is -0.931. The van der Waals surface area contributed by atoms with Gasteiger partial charge in [0.1, 0.15) is 46.5 Å². The number of ether oxygens (including phenoxy) is 1. The number of nitrogens with one attached hydrogen (secondary N) is 1. The summed E-state index contributed by atoms with van der Waals surface area (Å²) in [6, 6.07) is 5.84. The number of piperazine rings is 1. The maximum Gasteiger partial charge on any atom is 0.319 e. The number of halogens is 4.